The molecule has 1 aromatic carbocycles. The molecular formula is C12H17NO2. The number of carbonyl (C=O) groups excluding carboxylic acids is 1. The first-order valence-corrected chi connectivity index (χ1v) is 4.93. The van der Waals surface area contributed by atoms with E-state index in [0.29, 0.717) is 6.42 Å². The van der Waals surface area contributed by atoms with Crippen LogP contribution >= 0.6 is 0 Å². The van der Waals surface area contributed by atoms with Gasteiger partial charge in [0.15, 0.2) is 0 Å². The Labute approximate surface area is 90.4 Å². The maximum absolute atomic E-state index is 11.4. The molecular weight excluding hydrogens is 190 g/mol. The predicted molar refractivity (Wildman–Crippen MR) is 59.2 cm³/mol. The molecule has 0 heterocycles. The molecule has 0 aliphatic carbocycles. The molecule has 0 fully saturated rings. The molecule has 0 radical (unpaired) electrons. The van der Waals surface area contributed by atoms with Crippen molar-refractivity contribution in [2.45, 2.75) is 25.7 Å². The highest BCUT2D eigenvalue weighted by molar-refractivity contribution is 5.76. The van der Waals surface area contributed by atoms with Gasteiger partial charge in [0.05, 0.1) is 7.11 Å². The molecule has 0 aliphatic heterocycles. The average molecular weight is 207 g/mol. The first-order valence-electron chi connectivity index (χ1n) is 4.93. The highest BCUT2D eigenvalue weighted by Crippen LogP contribution is 2.26. The lowest BCUT2D eigenvalue weighted by atomic mass is 9.81. The van der Waals surface area contributed by atoms with Crippen LogP contribution in [0.2, 0.25) is 0 Å². The first-order chi connectivity index (χ1) is 7.06. The average Bonchev–Trinajstić information content (AvgIpc) is 2.18. The van der Waals surface area contributed by atoms with Gasteiger partial charge in [-0.3, -0.25) is 9.63 Å². The van der Waals surface area contributed by atoms with E-state index in [-0.39, 0.29) is 11.3 Å². The zero-order valence-electron chi connectivity index (χ0n) is 9.41. The molecule has 3 heteroatoms. The van der Waals surface area contributed by atoms with Gasteiger partial charge in [0, 0.05) is 6.42 Å². The summed E-state index contributed by atoms with van der Waals surface area (Å²) in [6, 6.07) is 9.98. The van der Waals surface area contributed by atoms with Crippen molar-refractivity contribution in [2.75, 3.05) is 7.11 Å². The van der Waals surface area contributed by atoms with Crippen molar-refractivity contribution in [3.05, 3.63) is 35.9 Å². The van der Waals surface area contributed by atoms with Crippen LogP contribution in [0.4, 0.5) is 0 Å². The number of nitrogens with one attached hydrogen (secondary N) is 1. The standard InChI is InChI=1S/C12H17NO2/c1-12(2,9-11(14)13-15-3)10-7-5-4-6-8-10/h4-8H,9H2,1-3H3,(H,13,14). The smallest absolute Gasteiger partial charge is 0.244 e. The second kappa shape index (κ2) is 4.94. The van der Waals surface area contributed by atoms with E-state index in [1.165, 1.54) is 7.11 Å². The van der Waals surface area contributed by atoms with Crippen LogP contribution in [0.1, 0.15) is 25.8 Å². The van der Waals surface area contributed by atoms with E-state index >= 15 is 0 Å². The number of rotatable bonds is 4. The number of hydrogen-bond donors (Lipinski definition) is 1. The van der Waals surface area contributed by atoms with Gasteiger partial charge >= 0.3 is 0 Å². The number of hydrogen-bond acceptors (Lipinski definition) is 2. The summed E-state index contributed by atoms with van der Waals surface area (Å²) in [4.78, 5) is 16.0. The molecule has 0 bridgehead atoms. The van der Waals surface area contributed by atoms with Crippen LogP contribution in [0.5, 0.6) is 0 Å². The quantitative estimate of drug-likeness (QED) is 0.767. The molecule has 1 aromatic rings. The molecule has 1 N–H and O–H groups in total. The lowest BCUT2D eigenvalue weighted by Gasteiger charge is -2.24. The summed E-state index contributed by atoms with van der Waals surface area (Å²) < 4.78 is 0. The fourth-order valence-electron chi connectivity index (χ4n) is 1.54. The van der Waals surface area contributed by atoms with Gasteiger partial charge in [0.2, 0.25) is 5.91 Å². The van der Waals surface area contributed by atoms with E-state index in [2.05, 4.69) is 10.3 Å². The maximum Gasteiger partial charge on any atom is 0.244 e. The number of hydroxylamine groups is 1. The Morgan fingerprint density at radius 3 is 2.47 bits per heavy atom. The molecule has 0 spiro atoms. The monoisotopic (exact) mass is 207 g/mol. The lowest BCUT2D eigenvalue weighted by Crippen LogP contribution is -2.30. The molecule has 3 nitrogen and oxygen atoms in total. The van der Waals surface area contributed by atoms with Crippen molar-refractivity contribution in [1.82, 2.24) is 5.48 Å². The summed E-state index contributed by atoms with van der Waals surface area (Å²) in [5.74, 6) is -0.105. The van der Waals surface area contributed by atoms with Crippen LogP contribution in [0.15, 0.2) is 30.3 Å². The topological polar surface area (TPSA) is 38.3 Å². The second-order valence-corrected chi connectivity index (χ2v) is 4.16. The van der Waals surface area contributed by atoms with Gasteiger partial charge in [-0.2, -0.15) is 0 Å². The van der Waals surface area contributed by atoms with Crippen LogP contribution in [0, 0.1) is 0 Å². The minimum atomic E-state index is -0.177. The first kappa shape index (κ1) is 11.7. The highest BCUT2D eigenvalue weighted by Gasteiger charge is 2.23. The second-order valence-electron chi connectivity index (χ2n) is 4.16. The Morgan fingerprint density at radius 1 is 1.33 bits per heavy atom. The van der Waals surface area contributed by atoms with E-state index in [1.807, 2.05) is 44.2 Å². The van der Waals surface area contributed by atoms with Crippen LogP contribution in [0.3, 0.4) is 0 Å². The molecule has 0 saturated carbocycles. The Hall–Kier alpha value is -1.35. The number of amides is 1. The van der Waals surface area contributed by atoms with E-state index < -0.39 is 0 Å². The molecule has 15 heavy (non-hydrogen) atoms. The van der Waals surface area contributed by atoms with E-state index in [1.54, 1.807) is 0 Å². The normalized spacial score (nSPS) is 11.1. The van der Waals surface area contributed by atoms with Crippen molar-refractivity contribution in [3.8, 4) is 0 Å². The van der Waals surface area contributed by atoms with Crippen molar-refractivity contribution < 1.29 is 9.63 Å². The van der Waals surface area contributed by atoms with Crippen molar-refractivity contribution in [1.29, 1.82) is 0 Å². The van der Waals surface area contributed by atoms with Gasteiger partial charge < -0.3 is 0 Å². The Kier molecular flexibility index (Phi) is 3.86. The third-order valence-electron chi connectivity index (χ3n) is 2.37. The van der Waals surface area contributed by atoms with Crippen LogP contribution in [-0.4, -0.2) is 13.0 Å². The minimum Gasteiger partial charge on any atom is -0.277 e. The van der Waals surface area contributed by atoms with Crippen LogP contribution in [-0.2, 0) is 15.0 Å². The lowest BCUT2D eigenvalue weighted by molar-refractivity contribution is -0.132. The van der Waals surface area contributed by atoms with E-state index in [0.717, 1.165) is 5.56 Å². The van der Waals surface area contributed by atoms with Crippen molar-refractivity contribution >= 4 is 5.91 Å². The summed E-state index contributed by atoms with van der Waals surface area (Å²) in [7, 11) is 1.44. The molecule has 0 saturated heterocycles. The van der Waals surface area contributed by atoms with Gasteiger partial charge in [-0.1, -0.05) is 44.2 Å². The van der Waals surface area contributed by atoms with Gasteiger partial charge in [-0.25, -0.2) is 5.48 Å². The fourth-order valence-corrected chi connectivity index (χ4v) is 1.54. The van der Waals surface area contributed by atoms with Crippen molar-refractivity contribution in [3.63, 3.8) is 0 Å². The fraction of sp³-hybridized carbons (Fsp3) is 0.417. The summed E-state index contributed by atoms with van der Waals surface area (Å²) in [5, 5.41) is 0. The SMILES string of the molecule is CONC(=O)CC(C)(C)c1ccccc1. The summed E-state index contributed by atoms with van der Waals surface area (Å²) in [6.45, 7) is 4.08. The maximum atomic E-state index is 11.4. The van der Waals surface area contributed by atoms with E-state index in [9.17, 15) is 4.79 Å². The molecule has 0 unspecified atom stereocenters. The van der Waals surface area contributed by atoms with Crippen LogP contribution in [0.25, 0.3) is 0 Å². The number of carbonyl (C=O) groups is 1. The zero-order valence-corrected chi connectivity index (χ0v) is 9.41. The highest BCUT2D eigenvalue weighted by atomic mass is 16.6. The zero-order chi connectivity index (χ0) is 11.3. The summed E-state index contributed by atoms with van der Waals surface area (Å²) >= 11 is 0. The van der Waals surface area contributed by atoms with Crippen molar-refractivity contribution in [2.24, 2.45) is 0 Å². The Bertz CT molecular complexity index is 320. The third kappa shape index (κ3) is 3.36. The number of benzene rings is 1. The van der Waals surface area contributed by atoms with Gasteiger partial charge in [0.1, 0.15) is 0 Å². The predicted octanol–water partition coefficient (Wildman–Crippen LogP) is 2.03. The largest absolute Gasteiger partial charge is 0.277 e. The van der Waals surface area contributed by atoms with Gasteiger partial charge in [-0.15, -0.1) is 0 Å². The Balaban J connectivity index is 2.71. The minimum absolute atomic E-state index is 0.105. The molecule has 0 aliphatic rings. The Morgan fingerprint density at radius 2 is 1.93 bits per heavy atom. The third-order valence-corrected chi connectivity index (χ3v) is 2.37. The van der Waals surface area contributed by atoms with E-state index in [4.69, 9.17) is 0 Å². The van der Waals surface area contributed by atoms with Crippen LogP contribution < -0.4 is 5.48 Å². The molecule has 1 rings (SSSR count). The molecule has 0 atom stereocenters. The molecule has 1 amide bonds. The molecule has 82 valence electrons. The summed E-state index contributed by atoms with van der Waals surface area (Å²) in [5.41, 5.74) is 3.31. The molecule has 0 aromatic heterocycles. The van der Waals surface area contributed by atoms with Gasteiger partial charge in [-0.05, 0) is 11.0 Å². The summed E-state index contributed by atoms with van der Waals surface area (Å²) in [6.07, 6.45) is 0.408. The van der Waals surface area contributed by atoms with Gasteiger partial charge in [0.25, 0.3) is 0 Å².